The Balaban J connectivity index is 1.58. The molecule has 0 saturated carbocycles. The molecule has 1 saturated heterocycles. The predicted octanol–water partition coefficient (Wildman–Crippen LogP) is 4.83. The number of carbonyl (C=O) groups is 1. The standard InChI is InChI=1S/C21H25ClN2OS/c1-15(23)18-3-2-12-24(13-18)21(25)17-6-4-16(5-7-17)14-26-20-10-8-19(22)9-11-20/h4-11,15,18H,2-3,12-14,23H2,1H3. The highest BCUT2D eigenvalue weighted by Gasteiger charge is 2.26. The molecule has 5 heteroatoms. The zero-order valence-corrected chi connectivity index (χ0v) is 16.6. The van der Waals surface area contributed by atoms with E-state index in [2.05, 4.69) is 0 Å². The van der Waals surface area contributed by atoms with Crippen LogP contribution in [0.15, 0.2) is 53.4 Å². The van der Waals surface area contributed by atoms with Crippen molar-refractivity contribution in [3.63, 3.8) is 0 Å². The highest BCUT2D eigenvalue weighted by Crippen LogP contribution is 2.25. The SMILES string of the molecule is CC(N)C1CCCN(C(=O)c2ccc(CSc3ccc(Cl)cc3)cc2)C1. The number of hydrogen-bond donors (Lipinski definition) is 1. The van der Waals surface area contributed by atoms with Crippen molar-refractivity contribution in [3.8, 4) is 0 Å². The second-order valence-electron chi connectivity index (χ2n) is 6.95. The van der Waals surface area contributed by atoms with E-state index in [1.807, 2.05) is 60.4 Å². The number of rotatable bonds is 5. The summed E-state index contributed by atoms with van der Waals surface area (Å²) >= 11 is 7.67. The maximum atomic E-state index is 12.8. The molecule has 2 aromatic carbocycles. The molecular formula is C21H25ClN2OS. The van der Waals surface area contributed by atoms with Crippen molar-refractivity contribution in [2.75, 3.05) is 13.1 Å². The van der Waals surface area contributed by atoms with Gasteiger partial charge in [0.05, 0.1) is 0 Å². The third-order valence-electron chi connectivity index (χ3n) is 4.91. The molecule has 2 N–H and O–H groups in total. The van der Waals surface area contributed by atoms with Crippen LogP contribution in [-0.2, 0) is 5.75 Å². The van der Waals surface area contributed by atoms with Crippen LogP contribution >= 0.6 is 23.4 Å². The van der Waals surface area contributed by atoms with Crippen molar-refractivity contribution in [2.24, 2.45) is 11.7 Å². The van der Waals surface area contributed by atoms with Crippen LogP contribution in [0.5, 0.6) is 0 Å². The van der Waals surface area contributed by atoms with Crippen molar-refractivity contribution in [1.29, 1.82) is 0 Å². The molecule has 0 bridgehead atoms. The molecular weight excluding hydrogens is 364 g/mol. The maximum Gasteiger partial charge on any atom is 0.253 e. The van der Waals surface area contributed by atoms with Gasteiger partial charge in [-0.25, -0.2) is 0 Å². The average molecular weight is 389 g/mol. The summed E-state index contributed by atoms with van der Waals surface area (Å²) in [5, 5.41) is 0.751. The molecule has 1 fully saturated rings. The quantitative estimate of drug-likeness (QED) is 0.746. The van der Waals surface area contributed by atoms with E-state index in [0.29, 0.717) is 5.92 Å². The molecule has 0 aromatic heterocycles. The molecule has 0 radical (unpaired) electrons. The monoisotopic (exact) mass is 388 g/mol. The number of nitrogens with two attached hydrogens (primary N) is 1. The van der Waals surface area contributed by atoms with Crippen molar-refractivity contribution >= 4 is 29.3 Å². The summed E-state index contributed by atoms with van der Waals surface area (Å²) in [6, 6.07) is 16.0. The first-order chi connectivity index (χ1) is 12.5. The summed E-state index contributed by atoms with van der Waals surface area (Å²) in [5.74, 6) is 1.39. The lowest BCUT2D eigenvalue weighted by molar-refractivity contribution is 0.0661. The molecule has 1 aliphatic heterocycles. The molecule has 1 aliphatic rings. The van der Waals surface area contributed by atoms with Crippen LogP contribution in [0.25, 0.3) is 0 Å². The minimum atomic E-state index is 0.118. The van der Waals surface area contributed by atoms with E-state index in [1.165, 1.54) is 10.5 Å². The Morgan fingerprint density at radius 2 is 1.92 bits per heavy atom. The van der Waals surface area contributed by atoms with Crippen LogP contribution in [0.3, 0.4) is 0 Å². The minimum absolute atomic E-state index is 0.118. The van der Waals surface area contributed by atoms with Gasteiger partial charge in [-0.2, -0.15) is 0 Å². The minimum Gasteiger partial charge on any atom is -0.338 e. The summed E-state index contributed by atoms with van der Waals surface area (Å²) in [6.45, 7) is 3.63. The van der Waals surface area contributed by atoms with Gasteiger partial charge in [0.2, 0.25) is 0 Å². The first-order valence-electron chi connectivity index (χ1n) is 9.05. The molecule has 1 amide bonds. The third kappa shape index (κ3) is 5.03. The molecule has 2 aromatic rings. The van der Waals surface area contributed by atoms with E-state index in [-0.39, 0.29) is 11.9 Å². The summed E-state index contributed by atoms with van der Waals surface area (Å²) < 4.78 is 0. The van der Waals surface area contributed by atoms with Gasteiger partial charge in [-0.15, -0.1) is 11.8 Å². The van der Waals surface area contributed by atoms with Crippen LogP contribution < -0.4 is 5.73 Å². The number of halogens is 1. The number of nitrogens with zero attached hydrogens (tertiary/aromatic N) is 1. The van der Waals surface area contributed by atoms with Gasteiger partial charge in [-0.3, -0.25) is 4.79 Å². The van der Waals surface area contributed by atoms with Crippen molar-refractivity contribution in [2.45, 2.75) is 36.5 Å². The molecule has 2 unspecified atom stereocenters. The van der Waals surface area contributed by atoms with Gasteiger partial charge >= 0.3 is 0 Å². The van der Waals surface area contributed by atoms with Gasteiger partial charge in [0, 0.05) is 40.4 Å². The molecule has 3 rings (SSSR count). The van der Waals surface area contributed by atoms with Crippen molar-refractivity contribution in [1.82, 2.24) is 4.90 Å². The zero-order valence-electron chi connectivity index (χ0n) is 15.0. The lowest BCUT2D eigenvalue weighted by atomic mass is 9.92. The van der Waals surface area contributed by atoms with Gasteiger partial charge < -0.3 is 10.6 Å². The van der Waals surface area contributed by atoms with E-state index >= 15 is 0 Å². The lowest BCUT2D eigenvalue weighted by Crippen LogP contribution is -2.45. The largest absolute Gasteiger partial charge is 0.338 e. The average Bonchev–Trinajstić information content (AvgIpc) is 2.67. The first-order valence-corrected chi connectivity index (χ1v) is 10.4. The van der Waals surface area contributed by atoms with Gasteiger partial charge in [0.15, 0.2) is 0 Å². The van der Waals surface area contributed by atoms with Gasteiger partial charge in [-0.1, -0.05) is 23.7 Å². The molecule has 0 aliphatic carbocycles. The van der Waals surface area contributed by atoms with Crippen LogP contribution in [0.4, 0.5) is 0 Å². The molecule has 2 atom stereocenters. The van der Waals surface area contributed by atoms with Gasteiger partial charge in [0.25, 0.3) is 5.91 Å². The molecule has 0 spiro atoms. The number of carbonyl (C=O) groups excluding carboxylic acids is 1. The summed E-state index contributed by atoms with van der Waals surface area (Å²) in [7, 11) is 0. The topological polar surface area (TPSA) is 46.3 Å². The Morgan fingerprint density at radius 3 is 2.58 bits per heavy atom. The highest BCUT2D eigenvalue weighted by atomic mass is 35.5. The van der Waals surface area contributed by atoms with Crippen LogP contribution in [0.2, 0.25) is 5.02 Å². The van der Waals surface area contributed by atoms with E-state index < -0.39 is 0 Å². The van der Waals surface area contributed by atoms with Crippen molar-refractivity contribution in [3.05, 3.63) is 64.7 Å². The highest BCUT2D eigenvalue weighted by molar-refractivity contribution is 7.98. The van der Waals surface area contributed by atoms with E-state index in [9.17, 15) is 4.79 Å². The van der Waals surface area contributed by atoms with Crippen LogP contribution in [0, 0.1) is 5.92 Å². The summed E-state index contributed by atoms with van der Waals surface area (Å²) in [4.78, 5) is 15.9. The number of benzene rings is 2. The number of piperidine rings is 1. The second-order valence-corrected chi connectivity index (χ2v) is 8.44. The summed E-state index contributed by atoms with van der Waals surface area (Å²) in [6.07, 6.45) is 2.15. The summed E-state index contributed by atoms with van der Waals surface area (Å²) in [5.41, 5.74) is 7.99. The Kier molecular flexibility index (Phi) is 6.63. The number of hydrogen-bond acceptors (Lipinski definition) is 3. The van der Waals surface area contributed by atoms with E-state index in [4.69, 9.17) is 17.3 Å². The predicted molar refractivity (Wildman–Crippen MR) is 110 cm³/mol. The first kappa shape index (κ1) is 19.3. The fraction of sp³-hybridized carbons (Fsp3) is 0.381. The van der Waals surface area contributed by atoms with Crippen LogP contribution in [-0.4, -0.2) is 29.9 Å². The van der Waals surface area contributed by atoms with E-state index in [1.54, 1.807) is 11.8 Å². The molecule has 3 nitrogen and oxygen atoms in total. The van der Waals surface area contributed by atoms with Gasteiger partial charge in [-0.05, 0) is 67.6 Å². The van der Waals surface area contributed by atoms with Crippen molar-refractivity contribution < 1.29 is 4.79 Å². The van der Waals surface area contributed by atoms with E-state index in [0.717, 1.165) is 42.3 Å². The van der Waals surface area contributed by atoms with Crippen LogP contribution in [0.1, 0.15) is 35.7 Å². The lowest BCUT2D eigenvalue weighted by Gasteiger charge is -2.34. The number of likely N-dealkylation sites (tertiary alicyclic amines) is 1. The smallest absolute Gasteiger partial charge is 0.253 e. The number of thioether (sulfide) groups is 1. The molecule has 26 heavy (non-hydrogen) atoms. The normalized spacial score (nSPS) is 18.6. The van der Waals surface area contributed by atoms with Gasteiger partial charge in [0.1, 0.15) is 0 Å². The fourth-order valence-corrected chi connectivity index (χ4v) is 4.23. The second kappa shape index (κ2) is 8.94. The third-order valence-corrected chi connectivity index (χ3v) is 6.24. The Labute approximate surface area is 164 Å². The number of amides is 1. The Bertz CT molecular complexity index is 731. The Hall–Kier alpha value is -1.49. The molecule has 138 valence electrons. The maximum absolute atomic E-state index is 12.8. The fourth-order valence-electron chi connectivity index (χ4n) is 3.25. The molecule has 1 heterocycles. The zero-order chi connectivity index (χ0) is 18.5. The Morgan fingerprint density at radius 1 is 1.23 bits per heavy atom.